The van der Waals surface area contributed by atoms with Gasteiger partial charge < -0.3 is 4.74 Å². The van der Waals surface area contributed by atoms with E-state index in [1.54, 1.807) is 0 Å². The minimum absolute atomic E-state index is 0.128. The Hall–Kier alpha value is -1.45. The van der Waals surface area contributed by atoms with E-state index in [2.05, 4.69) is 28.1 Å². The number of carbonyl (C=O) groups excluding carboxylic acids is 1. The van der Waals surface area contributed by atoms with Crippen molar-refractivity contribution >= 4 is 21.7 Å². The summed E-state index contributed by atoms with van der Waals surface area (Å²) in [6.07, 6.45) is 1.18. The van der Waals surface area contributed by atoms with E-state index < -0.39 is 0 Å². The summed E-state index contributed by atoms with van der Waals surface area (Å²) in [5.41, 5.74) is 3.17. The van der Waals surface area contributed by atoms with Crippen LogP contribution in [0.1, 0.15) is 34.0 Å². The molecular weight excluding hydrogens is 316 g/mol. The first-order chi connectivity index (χ1) is 9.74. The van der Waals surface area contributed by atoms with Crippen molar-refractivity contribution in [3.8, 4) is 0 Å². The number of ether oxygens (including phenoxy) is 1. The van der Waals surface area contributed by atoms with Gasteiger partial charge in [-0.1, -0.05) is 52.3 Å². The lowest BCUT2D eigenvalue weighted by molar-refractivity contribution is 0.0351. The molecule has 2 nitrogen and oxygen atoms in total. The van der Waals surface area contributed by atoms with E-state index in [1.807, 2.05) is 36.4 Å². The number of ketones is 1. The average Bonchev–Trinajstić information content (AvgIpc) is 2.49. The van der Waals surface area contributed by atoms with E-state index in [1.165, 1.54) is 5.56 Å². The SMILES string of the molecule is O=C(CC1OCCc2ccc(Br)cc21)c1ccccc1. The van der Waals surface area contributed by atoms with Crippen molar-refractivity contribution in [1.29, 1.82) is 0 Å². The molecule has 3 rings (SSSR count). The highest BCUT2D eigenvalue weighted by Gasteiger charge is 2.24. The summed E-state index contributed by atoms with van der Waals surface area (Å²) in [5.74, 6) is 0.128. The summed E-state index contributed by atoms with van der Waals surface area (Å²) in [6.45, 7) is 0.682. The summed E-state index contributed by atoms with van der Waals surface area (Å²) in [4.78, 5) is 12.3. The summed E-state index contributed by atoms with van der Waals surface area (Å²) in [5, 5.41) is 0. The molecule has 1 heterocycles. The maximum absolute atomic E-state index is 12.3. The quantitative estimate of drug-likeness (QED) is 0.782. The van der Waals surface area contributed by atoms with Crippen molar-refractivity contribution in [1.82, 2.24) is 0 Å². The standard InChI is InChI=1S/C17H15BrO2/c18-14-7-6-12-8-9-20-17(15(12)10-14)11-16(19)13-4-2-1-3-5-13/h1-7,10,17H,8-9,11H2. The van der Waals surface area contributed by atoms with Gasteiger partial charge in [-0.2, -0.15) is 0 Å². The zero-order valence-corrected chi connectivity index (χ0v) is 12.6. The van der Waals surface area contributed by atoms with Crippen LogP contribution in [0.3, 0.4) is 0 Å². The molecular formula is C17H15BrO2. The highest BCUT2D eigenvalue weighted by atomic mass is 79.9. The van der Waals surface area contributed by atoms with Gasteiger partial charge in [-0.05, 0) is 29.7 Å². The van der Waals surface area contributed by atoms with Gasteiger partial charge in [0.1, 0.15) is 0 Å². The largest absolute Gasteiger partial charge is 0.373 e. The van der Waals surface area contributed by atoms with Crippen molar-refractivity contribution in [2.24, 2.45) is 0 Å². The molecule has 20 heavy (non-hydrogen) atoms. The molecule has 0 fully saturated rings. The maximum Gasteiger partial charge on any atom is 0.165 e. The van der Waals surface area contributed by atoms with Crippen molar-refractivity contribution < 1.29 is 9.53 Å². The smallest absolute Gasteiger partial charge is 0.165 e. The molecule has 1 atom stereocenters. The van der Waals surface area contributed by atoms with E-state index in [0.29, 0.717) is 13.0 Å². The normalized spacial score (nSPS) is 17.6. The molecule has 3 heteroatoms. The third-order valence-electron chi connectivity index (χ3n) is 3.61. The Morgan fingerprint density at radius 2 is 2.00 bits per heavy atom. The first-order valence-corrected chi connectivity index (χ1v) is 7.51. The first-order valence-electron chi connectivity index (χ1n) is 6.72. The van der Waals surface area contributed by atoms with Gasteiger partial charge in [-0.25, -0.2) is 0 Å². The summed E-state index contributed by atoms with van der Waals surface area (Å²) in [7, 11) is 0. The Kier molecular flexibility index (Phi) is 3.99. The number of halogens is 1. The van der Waals surface area contributed by atoms with E-state index in [9.17, 15) is 4.79 Å². The lowest BCUT2D eigenvalue weighted by atomic mass is 9.93. The third kappa shape index (κ3) is 2.84. The number of carbonyl (C=O) groups is 1. The first kappa shape index (κ1) is 13.5. The molecule has 1 unspecified atom stereocenters. The van der Waals surface area contributed by atoms with Crippen LogP contribution in [0.5, 0.6) is 0 Å². The van der Waals surface area contributed by atoms with Gasteiger partial charge in [-0.3, -0.25) is 4.79 Å². The topological polar surface area (TPSA) is 26.3 Å². The molecule has 0 aliphatic carbocycles. The molecule has 0 saturated carbocycles. The molecule has 2 aromatic carbocycles. The van der Waals surface area contributed by atoms with Crippen LogP contribution in [0.25, 0.3) is 0 Å². The van der Waals surface area contributed by atoms with Crippen molar-refractivity contribution in [2.75, 3.05) is 6.61 Å². The van der Waals surface area contributed by atoms with Crippen LogP contribution < -0.4 is 0 Å². The highest BCUT2D eigenvalue weighted by Crippen LogP contribution is 2.32. The molecule has 0 radical (unpaired) electrons. The summed E-state index contributed by atoms with van der Waals surface area (Å²) in [6, 6.07) is 15.6. The fraction of sp³-hybridized carbons (Fsp3) is 0.235. The molecule has 1 aliphatic rings. The highest BCUT2D eigenvalue weighted by molar-refractivity contribution is 9.10. The molecule has 1 aliphatic heterocycles. The Morgan fingerprint density at radius 1 is 1.20 bits per heavy atom. The van der Waals surface area contributed by atoms with Crippen LogP contribution in [0, 0.1) is 0 Å². The number of benzene rings is 2. The third-order valence-corrected chi connectivity index (χ3v) is 4.11. The van der Waals surface area contributed by atoms with Gasteiger partial charge in [0.05, 0.1) is 12.7 Å². The summed E-state index contributed by atoms with van der Waals surface area (Å²) >= 11 is 3.49. The fourth-order valence-electron chi connectivity index (χ4n) is 2.57. The minimum atomic E-state index is -0.135. The van der Waals surface area contributed by atoms with E-state index in [0.717, 1.165) is 22.0 Å². The Morgan fingerprint density at radius 3 is 2.80 bits per heavy atom. The lowest BCUT2D eigenvalue weighted by Crippen LogP contribution is -2.19. The molecule has 0 spiro atoms. The van der Waals surface area contributed by atoms with Crippen LogP contribution in [-0.4, -0.2) is 12.4 Å². The number of hydrogen-bond donors (Lipinski definition) is 0. The van der Waals surface area contributed by atoms with Gasteiger partial charge in [0.25, 0.3) is 0 Å². The second-order valence-corrected chi connectivity index (χ2v) is 5.86. The minimum Gasteiger partial charge on any atom is -0.373 e. The second-order valence-electron chi connectivity index (χ2n) is 4.95. The number of hydrogen-bond acceptors (Lipinski definition) is 2. The van der Waals surface area contributed by atoms with Crippen molar-refractivity contribution in [3.63, 3.8) is 0 Å². The fourth-order valence-corrected chi connectivity index (χ4v) is 2.95. The Balaban J connectivity index is 1.83. The molecule has 0 N–H and O–H groups in total. The molecule has 0 bridgehead atoms. The van der Waals surface area contributed by atoms with Gasteiger partial charge in [0.2, 0.25) is 0 Å². The van der Waals surface area contributed by atoms with Gasteiger partial charge in [0, 0.05) is 16.5 Å². The monoisotopic (exact) mass is 330 g/mol. The van der Waals surface area contributed by atoms with Crippen LogP contribution in [-0.2, 0) is 11.2 Å². The summed E-state index contributed by atoms with van der Waals surface area (Å²) < 4.78 is 6.84. The van der Waals surface area contributed by atoms with Crippen LogP contribution in [0.15, 0.2) is 53.0 Å². The van der Waals surface area contributed by atoms with Crippen LogP contribution in [0.2, 0.25) is 0 Å². The van der Waals surface area contributed by atoms with Crippen LogP contribution >= 0.6 is 15.9 Å². The van der Waals surface area contributed by atoms with Crippen molar-refractivity contribution in [2.45, 2.75) is 18.9 Å². The maximum atomic E-state index is 12.3. The second kappa shape index (κ2) is 5.90. The molecule has 0 aromatic heterocycles. The van der Waals surface area contributed by atoms with Gasteiger partial charge in [0.15, 0.2) is 5.78 Å². The number of rotatable bonds is 3. The van der Waals surface area contributed by atoms with Gasteiger partial charge in [-0.15, -0.1) is 0 Å². The Labute approximate surface area is 126 Å². The molecule has 0 saturated heterocycles. The van der Waals surface area contributed by atoms with E-state index in [-0.39, 0.29) is 11.9 Å². The molecule has 102 valence electrons. The number of Topliss-reactive ketones (excluding diaryl/α,β-unsaturated/α-hetero) is 1. The predicted molar refractivity (Wildman–Crippen MR) is 81.9 cm³/mol. The predicted octanol–water partition coefficient (Wildman–Crippen LogP) is 4.34. The van der Waals surface area contributed by atoms with E-state index in [4.69, 9.17) is 4.74 Å². The average molecular weight is 331 g/mol. The zero-order valence-electron chi connectivity index (χ0n) is 11.0. The van der Waals surface area contributed by atoms with E-state index >= 15 is 0 Å². The Bertz CT molecular complexity index is 622. The number of fused-ring (bicyclic) bond motifs is 1. The zero-order chi connectivity index (χ0) is 13.9. The van der Waals surface area contributed by atoms with Gasteiger partial charge >= 0.3 is 0 Å². The van der Waals surface area contributed by atoms with Crippen LogP contribution in [0.4, 0.5) is 0 Å². The lowest BCUT2D eigenvalue weighted by Gasteiger charge is -2.26. The molecule has 0 amide bonds. The molecule has 2 aromatic rings. The van der Waals surface area contributed by atoms with Crippen molar-refractivity contribution in [3.05, 3.63) is 69.7 Å².